The van der Waals surface area contributed by atoms with Gasteiger partial charge in [-0.1, -0.05) is 19.1 Å². The quantitative estimate of drug-likeness (QED) is 0.807. The smallest absolute Gasteiger partial charge is 0.374 e. The fraction of sp³-hybridized carbons (Fsp3) is 0.389. The number of hydrogen-bond acceptors (Lipinski definition) is 5. The van der Waals surface area contributed by atoms with Gasteiger partial charge in [0.1, 0.15) is 5.58 Å². The number of rotatable bonds is 3. The Kier molecular flexibility index (Phi) is 4.64. The summed E-state index contributed by atoms with van der Waals surface area (Å²) in [6, 6.07) is 7.75. The second-order valence-corrected chi connectivity index (χ2v) is 6.13. The highest BCUT2D eigenvalue weighted by molar-refractivity contribution is 5.90. The van der Waals surface area contributed by atoms with Crippen molar-refractivity contribution >= 4 is 22.8 Å². The van der Waals surface area contributed by atoms with E-state index in [-0.39, 0.29) is 23.7 Å². The van der Waals surface area contributed by atoms with E-state index >= 15 is 0 Å². The van der Waals surface area contributed by atoms with Gasteiger partial charge in [0, 0.05) is 19.2 Å². The van der Waals surface area contributed by atoms with Crippen LogP contribution >= 0.6 is 0 Å². The van der Waals surface area contributed by atoms with Crippen molar-refractivity contribution in [3.05, 3.63) is 46.3 Å². The van der Waals surface area contributed by atoms with Crippen LogP contribution in [0.5, 0.6) is 0 Å². The van der Waals surface area contributed by atoms with Crippen molar-refractivity contribution < 1.29 is 18.7 Å². The Morgan fingerprint density at radius 1 is 1.33 bits per heavy atom. The molecule has 0 bridgehead atoms. The second-order valence-electron chi connectivity index (χ2n) is 6.13. The van der Waals surface area contributed by atoms with Gasteiger partial charge >= 0.3 is 5.97 Å². The van der Waals surface area contributed by atoms with Crippen LogP contribution in [0, 0.1) is 5.92 Å². The molecule has 0 saturated carbocycles. The summed E-state index contributed by atoms with van der Waals surface area (Å²) in [5.41, 5.74) is -0.00638. The van der Waals surface area contributed by atoms with Crippen molar-refractivity contribution in [2.24, 2.45) is 5.92 Å². The van der Waals surface area contributed by atoms with Gasteiger partial charge in [-0.05, 0) is 30.9 Å². The maximum absolute atomic E-state index is 12.1. The summed E-state index contributed by atoms with van der Waals surface area (Å²) >= 11 is 0. The molecule has 2 aromatic rings. The number of fused-ring (bicyclic) bond motifs is 1. The highest BCUT2D eigenvalue weighted by Gasteiger charge is 2.22. The highest BCUT2D eigenvalue weighted by atomic mass is 16.5. The molecule has 1 fully saturated rings. The van der Waals surface area contributed by atoms with E-state index in [9.17, 15) is 14.4 Å². The Morgan fingerprint density at radius 2 is 2.12 bits per heavy atom. The third-order valence-corrected chi connectivity index (χ3v) is 4.17. The molecule has 1 aromatic carbocycles. The molecule has 1 amide bonds. The predicted octanol–water partition coefficient (Wildman–Crippen LogP) is 2.21. The van der Waals surface area contributed by atoms with Crippen molar-refractivity contribution in [3.8, 4) is 0 Å². The minimum Gasteiger partial charge on any atom is -0.450 e. The molecule has 1 unspecified atom stereocenters. The molecule has 1 saturated heterocycles. The molecular formula is C18H19NO5. The third kappa shape index (κ3) is 3.48. The fourth-order valence-electron chi connectivity index (χ4n) is 2.91. The summed E-state index contributed by atoms with van der Waals surface area (Å²) < 4.78 is 10.4. The van der Waals surface area contributed by atoms with Crippen molar-refractivity contribution in [1.82, 2.24) is 4.90 Å². The van der Waals surface area contributed by atoms with Gasteiger partial charge in [0.15, 0.2) is 12.0 Å². The van der Waals surface area contributed by atoms with Gasteiger partial charge in [0.05, 0.1) is 5.39 Å². The molecule has 0 spiro atoms. The van der Waals surface area contributed by atoms with Gasteiger partial charge in [0.25, 0.3) is 5.91 Å². The van der Waals surface area contributed by atoms with Crippen LogP contribution in [-0.4, -0.2) is 36.5 Å². The number of esters is 1. The van der Waals surface area contributed by atoms with E-state index in [0.717, 1.165) is 18.9 Å². The molecule has 0 N–H and O–H groups in total. The molecule has 1 aliphatic heterocycles. The van der Waals surface area contributed by atoms with Crippen molar-refractivity contribution in [1.29, 1.82) is 0 Å². The van der Waals surface area contributed by atoms with E-state index in [4.69, 9.17) is 9.15 Å². The number of para-hydroxylation sites is 1. The highest BCUT2D eigenvalue weighted by Crippen LogP contribution is 2.16. The Balaban J connectivity index is 1.67. The van der Waals surface area contributed by atoms with Crippen molar-refractivity contribution in [2.45, 2.75) is 19.8 Å². The number of carbonyl (C=O) groups is 2. The Bertz CT molecular complexity index is 826. The van der Waals surface area contributed by atoms with Crippen LogP contribution < -0.4 is 5.43 Å². The first-order valence-electron chi connectivity index (χ1n) is 8.02. The Morgan fingerprint density at radius 3 is 2.92 bits per heavy atom. The van der Waals surface area contributed by atoms with Gasteiger partial charge < -0.3 is 14.1 Å². The average Bonchev–Trinajstić information content (AvgIpc) is 2.59. The molecule has 6 nitrogen and oxygen atoms in total. The summed E-state index contributed by atoms with van der Waals surface area (Å²) in [7, 11) is 0. The zero-order chi connectivity index (χ0) is 17.1. The lowest BCUT2D eigenvalue weighted by Crippen LogP contribution is -2.41. The largest absolute Gasteiger partial charge is 0.450 e. The Hall–Kier alpha value is -2.63. The number of piperidine rings is 1. The monoisotopic (exact) mass is 329 g/mol. The fourth-order valence-corrected chi connectivity index (χ4v) is 2.91. The minimum absolute atomic E-state index is 0.196. The zero-order valence-electron chi connectivity index (χ0n) is 13.5. The van der Waals surface area contributed by atoms with E-state index in [0.29, 0.717) is 30.0 Å². The van der Waals surface area contributed by atoms with Crippen LogP contribution in [0.2, 0.25) is 0 Å². The van der Waals surface area contributed by atoms with Gasteiger partial charge in [-0.3, -0.25) is 9.59 Å². The molecule has 1 aliphatic rings. The second kappa shape index (κ2) is 6.86. The average molecular weight is 329 g/mol. The standard InChI is InChI=1S/C18H19NO5/c1-12-5-4-8-19(10-12)17(21)11-23-18(22)16-9-14(20)13-6-2-3-7-15(13)24-16/h2-3,6-7,9,12H,4-5,8,10-11H2,1H3. The maximum atomic E-state index is 12.1. The number of ether oxygens (including phenoxy) is 1. The molecule has 1 aromatic heterocycles. The van der Waals surface area contributed by atoms with Crippen LogP contribution in [0.4, 0.5) is 0 Å². The first-order valence-corrected chi connectivity index (χ1v) is 8.02. The van der Waals surface area contributed by atoms with E-state index in [1.807, 2.05) is 0 Å². The molecular weight excluding hydrogens is 310 g/mol. The lowest BCUT2D eigenvalue weighted by Gasteiger charge is -2.30. The lowest BCUT2D eigenvalue weighted by molar-refractivity contribution is -0.136. The van der Waals surface area contributed by atoms with Gasteiger partial charge in [0.2, 0.25) is 5.76 Å². The van der Waals surface area contributed by atoms with Crippen LogP contribution in [0.25, 0.3) is 11.0 Å². The van der Waals surface area contributed by atoms with Crippen LogP contribution in [0.3, 0.4) is 0 Å². The van der Waals surface area contributed by atoms with E-state index in [1.54, 1.807) is 29.2 Å². The van der Waals surface area contributed by atoms with Crippen LogP contribution in [0.1, 0.15) is 30.3 Å². The number of carbonyl (C=O) groups excluding carboxylic acids is 2. The van der Waals surface area contributed by atoms with E-state index in [1.165, 1.54) is 0 Å². The number of nitrogens with zero attached hydrogens (tertiary/aromatic N) is 1. The first kappa shape index (κ1) is 16.2. The number of hydrogen-bond donors (Lipinski definition) is 0. The summed E-state index contributed by atoms with van der Waals surface area (Å²) in [4.78, 5) is 37.9. The first-order chi connectivity index (χ1) is 11.5. The normalized spacial score (nSPS) is 17.7. The predicted molar refractivity (Wildman–Crippen MR) is 87.7 cm³/mol. The SMILES string of the molecule is CC1CCCN(C(=O)COC(=O)c2cc(=O)c3ccccc3o2)C1. The molecule has 3 rings (SSSR count). The van der Waals surface area contributed by atoms with Gasteiger partial charge in [-0.2, -0.15) is 0 Å². The molecule has 24 heavy (non-hydrogen) atoms. The summed E-state index contributed by atoms with van der Waals surface area (Å²) in [6.07, 6.45) is 2.06. The van der Waals surface area contributed by atoms with Crippen molar-refractivity contribution in [2.75, 3.05) is 19.7 Å². The summed E-state index contributed by atoms with van der Waals surface area (Å²) in [6.45, 7) is 3.12. The summed E-state index contributed by atoms with van der Waals surface area (Å²) in [5.74, 6) is -0.773. The zero-order valence-corrected chi connectivity index (χ0v) is 13.5. The number of amides is 1. The molecule has 0 radical (unpaired) electrons. The van der Waals surface area contributed by atoms with Crippen LogP contribution in [-0.2, 0) is 9.53 Å². The summed E-state index contributed by atoms with van der Waals surface area (Å²) in [5, 5.41) is 0.396. The number of benzene rings is 1. The molecule has 1 atom stereocenters. The molecule has 2 heterocycles. The maximum Gasteiger partial charge on any atom is 0.374 e. The number of likely N-dealkylation sites (tertiary alicyclic amines) is 1. The third-order valence-electron chi connectivity index (χ3n) is 4.17. The van der Waals surface area contributed by atoms with E-state index < -0.39 is 5.97 Å². The van der Waals surface area contributed by atoms with Gasteiger partial charge in [-0.15, -0.1) is 0 Å². The van der Waals surface area contributed by atoms with E-state index in [2.05, 4.69) is 6.92 Å². The van der Waals surface area contributed by atoms with Crippen LogP contribution in [0.15, 0.2) is 39.5 Å². The molecule has 126 valence electrons. The lowest BCUT2D eigenvalue weighted by atomic mass is 10.0. The molecule has 0 aliphatic carbocycles. The molecule has 6 heteroatoms. The Labute approximate surface area is 139 Å². The topological polar surface area (TPSA) is 76.8 Å². The van der Waals surface area contributed by atoms with Gasteiger partial charge in [-0.25, -0.2) is 4.79 Å². The van der Waals surface area contributed by atoms with Crippen molar-refractivity contribution in [3.63, 3.8) is 0 Å². The minimum atomic E-state index is -0.809.